The topological polar surface area (TPSA) is 66.8 Å². The van der Waals surface area contributed by atoms with Crippen molar-refractivity contribution < 1.29 is 19.4 Å². The van der Waals surface area contributed by atoms with Gasteiger partial charge in [0.15, 0.2) is 0 Å². The Balaban J connectivity index is 2.12. The molecule has 1 N–H and O–H groups in total. The lowest BCUT2D eigenvalue weighted by Gasteiger charge is -2.41. The molecule has 70 valence electrons. The van der Waals surface area contributed by atoms with Crippen molar-refractivity contribution in [2.75, 3.05) is 5.75 Å². The predicted molar refractivity (Wildman–Crippen MR) is 44.9 cm³/mol. The first-order chi connectivity index (χ1) is 6.18. The van der Waals surface area contributed by atoms with Gasteiger partial charge in [0.1, 0.15) is 0 Å². The number of fused-ring (bicyclic) bond motifs is 1. The largest absolute Gasteiger partial charge is 0.512 e. The zero-order valence-corrected chi connectivity index (χ0v) is 7.41. The zero-order valence-electron chi connectivity index (χ0n) is 6.60. The summed E-state index contributed by atoms with van der Waals surface area (Å²) in [6.45, 7) is 0. The van der Waals surface area contributed by atoms with E-state index in [-0.39, 0.29) is 17.2 Å². The summed E-state index contributed by atoms with van der Waals surface area (Å²) in [4.78, 5) is 22.7. The number of carboxylic acid groups (broad SMARTS) is 1. The van der Waals surface area contributed by atoms with Crippen LogP contribution in [0.1, 0.15) is 6.42 Å². The Morgan fingerprint density at radius 2 is 2.54 bits per heavy atom. The summed E-state index contributed by atoms with van der Waals surface area (Å²) in [5.74, 6) is 0.772. The minimum atomic E-state index is -1.38. The van der Waals surface area contributed by atoms with Gasteiger partial charge < -0.3 is 9.84 Å². The van der Waals surface area contributed by atoms with Crippen molar-refractivity contribution in [1.82, 2.24) is 4.90 Å². The molecule has 0 aromatic rings. The molecule has 1 unspecified atom stereocenters. The van der Waals surface area contributed by atoms with E-state index in [1.165, 1.54) is 4.90 Å². The van der Waals surface area contributed by atoms with Crippen LogP contribution < -0.4 is 0 Å². The van der Waals surface area contributed by atoms with Crippen molar-refractivity contribution in [3.05, 3.63) is 12.0 Å². The fraction of sp³-hybridized carbons (Fsp3) is 0.429. The molecule has 13 heavy (non-hydrogen) atoms. The first-order valence-electron chi connectivity index (χ1n) is 3.73. The fourth-order valence-electron chi connectivity index (χ4n) is 1.29. The number of nitrogens with zero attached hydrogens (tertiary/aromatic N) is 1. The smallest absolute Gasteiger partial charge is 0.449 e. The van der Waals surface area contributed by atoms with Crippen molar-refractivity contribution in [2.24, 2.45) is 0 Å². The molecule has 5 nitrogen and oxygen atoms in total. The molecule has 2 rings (SSSR count). The molecule has 1 fully saturated rings. The number of hydrogen-bond acceptors (Lipinski definition) is 4. The summed E-state index contributed by atoms with van der Waals surface area (Å²) in [5, 5.41) is 8.45. The maximum atomic E-state index is 11.1. The standard InChI is InChI=1S/C7H7NO4S/c9-4-3-6-8(4)5(1-2-13-6)12-7(10)11/h1,6H,2-3H2,(H,10,11). The number of carbonyl (C=O) groups is 2. The van der Waals surface area contributed by atoms with Crippen LogP contribution >= 0.6 is 11.8 Å². The number of carbonyl (C=O) groups excluding carboxylic acids is 1. The maximum absolute atomic E-state index is 11.1. The molecule has 1 atom stereocenters. The van der Waals surface area contributed by atoms with E-state index in [9.17, 15) is 9.59 Å². The van der Waals surface area contributed by atoms with Crippen LogP contribution in [0.3, 0.4) is 0 Å². The minimum absolute atomic E-state index is 0.0758. The van der Waals surface area contributed by atoms with Gasteiger partial charge in [-0.2, -0.15) is 0 Å². The Morgan fingerprint density at radius 1 is 1.77 bits per heavy atom. The second kappa shape index (κ2) is 2.95. The third kappa shape index (κ3) is 1.37. The lowest BCUT2D eigenvalue weighted by molar-refractivity contribution is -0.141. The second-order valence-electron chi connectivity index (χ2n) is 2.67. The molecule has 1 saturated heterocycles. The van der Waals surface area contributed by atoms with Crippen molar-refractivity contribution in [3.8, 4) is 0 Å². The van der Waals surface area contributed by atoms with E-state index in [1.54, 1.807) is 17.8 Å². The lowest BCUT2D eigenvalue weighted by atomic mass is 10.2. The number of hydrogen-bond donors (Lipinski definition) is 1. The Labute approximate surface area is 78.3 Å². The van der Waals surface area contributed by atoms with Gasteiger partial charge in [-0.3, -0.25) is 9.69 Å². The number of ether oxygens (including phenoxy) is 1. The van der Waals surface area contributed by atoms with Gasteiger partial charge in [-0.05, 0) is 6.08 Å². The highest BCUT2D eigenvalue weighted by molar-refractivity contribution is 8.00. The first-order valence-corrected chi connectivity index (χ1v) is 4.78. The first kappa shape index (κ1) is 8.43. The van der Waals surface area contributed by atoms with E-state index in [0.717, 1.165) is 0 Å². The van der Waals surface area contributed by atoms with Crippen molar-refractivity contribution in [3.63, 3.8) is 0 Å². The molecule has 0 aliphatic carbocycles. The average molecular weight is 201 g/mol. The van der Waals surface area contributed by atoms with Crippen LogP contribution in [0.5, 0.6) is 0 Å². The highest BCUT2D eigenvalue weighted by Crippen LogP contribution is 2.37. The van der Waals surface area contributed by atoms with Crippen LogP contribution in [0.4, 0.5) is 4.79 Å². The SMILES string of the molecule is O=C(O)OC1=CCSC2CC(=O)N12. The van der Waals surface area contributed by atoms with E-state index in [2.05, 4.69) is 4.74 Å². The molecular weight excluding hydrogens is 194 g/mol. The van der Waals surface area contributed by atoms with Gasteiger partial charge in [0.05, 0.1) is 11.8 Å². The molecule has 2 aliphatic heterocycles. The summed E-state index contributed by atoms with van der Waals surface area (Å²) < 4.78 is 4.46. The Kier molecular flexibility index (Phi) is 1.91. The molecule has 6 heteroatoms. The number of β-lactam (4-membered cyclic amide) rings is 1. The Hall–Kier alpha value is -1.17. The van der Waals surface area contributed by atoms with Gasteiger partial charge >= 0.3 is 6.16 Å². The van der Waals surface area contributed by atoms with E-state index >= 15 is 0 Å². The monoisotopic (exact) mass is 201 g/mol. The van der Waals surface area contributed by atoms with E-state index in [4.69, 9.17) is 5.11 Å². The molecule has 0 aromatic heterocycles. The van der Waals surface area contributed by atoms with Crippen LogP contribution in [0, 0.1) is 0 Å². The van der Waals surface area contributed by atoms with E-state index in [1.807, 2.05) is 0 Å². The zero-order chi connectivity index (χ0) is 9.42. The van der Waals surface area contributed by atoms with E-state index in [0.29, 0.717) is 12.2 Å². The van der Waals surface area contributed by atoms with Gasteiger partial charge in [-0.1, -0.05) is 0 Å². The van der Waals surface area contributed by atoms with Crippen molar-refractivity contribution in [2.45, 2.75) is 11.8 Å². The van der Waals surface area contributed by atoms with Gasteiger partial charge in [0, 0.05) is 5.75 Å². The molecule has 0 bridgehead atoms. The summed E-state index contributed by atoms with van der Waals surface area (Å²) >= 11 is 1.60. The Bertz CT molecular complexity index is 301. The minimum Gasteiger partial charge on any atom is -0.449 e. The van der Waals surface area contributed by atoms with Crippen molar-refractivity contribution >= 4 is 23.8 Å². The summed E-state index contributed by atoms with van der Waals surface area (Å²) in [6.07, 6.45) is 0.703. The van der Waals surface area contributed by atoms with Crippen LogP contribution in [0.15, 0.2) is 12.0 Å². The molecule has 0 spiro atoms. The summed E-state index contributed by atoms with van der Waals surface area (Å²) in [7, 11) is 0. The molecule has 2 aliphatic rings. The molecule has 0 radical (unpaired) electrons. The molecule has 2 heterocycles. The van der Waals surface area contributed by atoms with E-state index < -0.39 is 6.16 Å². The number of amides is 1. The third-order valence-electron chi connectivity index (χ3n) is 1.88. The second-order valence-corrected chi connectivity index (χ2v) is 3.88. The summed E-state index contributed by atoms with van der Waals surface area (Å²) in [5.41, 5.74) is 0. The fourth-order valence-corrected chi connectivity index (χ4v) is 2.39. The molecule has 1 amide bonds. The summed E-state index contributed by atoms with van der Waals surface area (Å²) in [6, 6.07) is 0. The van der Waals surface area contributed by atoms with Crippen molar-refractivity contribution in [1.29, 1.82) is 0 Å². The van der Waals surface area contributed by atoms with Gasteiger partial charge in [0.2, 0.25) is 11.8 Å². The van der Waals surface area contributed by atoms with Crippen LogP contribution in [0.2, 0.25) is 0 Å². The van der Waals surface area contributed by atoms with Gasteiger partial charge in [-0.25, -0.2) is 4.79 Å². The number of thioether (sulfide) groups is 1. The quantitative estimate of drug-likeness (QED) is 0.502. The maximum Gasteiger partial charge on any atom is 0.512 e. The lowest BCUT2D eigenvalue weighted by Crippen LogP contribution is -2.52. The Morgan fingerprint density at radius 3 is 3.15 bits per heavy atom. The third-order valence-corrected chi connectivity index (χ3v) is 3.00. The van der Waals surface area contributed by atoms with Crippen LogP contribution in [-0.4, -0.2) is 33.2 Å². The normalized spacial score (nSPS) is 25.8. The molecule has 0 aromatic carbocycles. The van der Waals surface area contributed by atoms with Crippen LogP contribution in [-0.2, 0) is 9.53 Å². The highest BCUT2D eigenvalue weighted by Gasteiger charge is 2.42. The molecule has 0 saturated carbocycles. The molecular formula is C7H7NO4S. The number of rotatable bonds is 1. The van der Waals surface area contributed by atoms with Gasteiger partial charge in [0.25, 0.3) is 0 Å². The average Bonchev–Trinajstić information content (AvgIpc) is 2.00. The van der Waals surface area contributed by atoms with Gasteiger partial charge in [-0.15, -0.1) is 11.8 Å². The van der Waals surface area contributed by atoms with Crippen LogP contribution in [0.25, 0.3) is 0 Å². The highest BCUT2D eigenvalue weighted by atomic mass is 32.2. The predicted octanol–water partition coefficient (Wildman–Crippen LogP) is 0.828.